The van der Waals surface area contributed by atoms with Crippen molar-refractivity contribution in [2.24, 2.45) is 0 Å². The molecule has 1 aromatic carbocycles. The molecular formula is C13H17N3O2. The molecule has 1 unspecified atom stereocenters. The molecule has 0 saturated carbocycles. The zero-order valence-corrected chi connectivity index (χ0v) is 10.3. The highest BCUT2D eigenvalue weighted by atomic mass is 16.2. The molecule has 1 aromatic rings. The molecule has 5 nitrogen and oxygen atoms in total. The summed E-state index contributed by atoms with van der Waals surface area (Å²) in [6.07, 6.45) is 0. The Kier molecular flexibility index (Phi) is 3.94. The first kappa shape index (κ1) is 12.6. The molecule has 3 N–H and O–H groups in total. The molecule has 0 aromatic heterocycles. The molecule has 1 aliphatic rings. The predicted molar refractivity (Wildman–Crippen MR) is 67.8 cm³/mol. The lowest BCUT2D eigenvalue weighted by molar-refractivity contribution is -0.126. The number of rotatable bonds is 3. The largest absolute Gasteiger partial charge is 0.353 e. The number of aryl methyl sites for hydroxylation is 1. The molecule has 0 spiro atoms. The maximum Gasteiger partial charge on any atom is 0.239 e. The van der Waals surface area contributed by atoms with Crippen LogP contribution in [0.3, 0.4) is 0 Å². The molecule has 1 heterocycles. The molecule has 1 fully saturated rings. The first-order valence-electron chi connectivity index (χ1n) is 5.99. The molecule has 0 aliphatic carbocycles. The molecule has 0 bridgehead atoms. The number of nitrogens with one attached hydrogen (secondary N) is 3. The number of carbonyl (C=O) groups excluding carboxylic acids is 2. The van der Waals surface area contributed by atoms with Crippen molar-refractivity contribution in [2.75, 3.05) is 13.1 Å². The van der Waals surface area contributed by atoms with Gasteiger partial charge in [-0.15, -0.1) is 0 Å². The molecule has 2 amide bonds. The van der Waals surface area contributed by atoms with E-state index in [1.165, 1.54) is 0 Å². The van der Waals surface area contributed by atoms with Crippen molar-refractivity contribution in [3.8, 4) is 0 Å². The Balaban J connectivity index is 1.85. The fraction of sp³-hybridized carbons (Fsp3) is 0.385. The van der Waals surface area contributed by atoms with Gasteiger partial charge in [-0.3, -0.25) is 14.9 Å². The van der Waals surface area contributed by atoms with Gasteiger partial charge in [0.2, 0.25) is 11.8 Å². The molecule has 1 aliphatic heterocycles. The van der Waals surface area contributed by atoms with Crippen molar-refractivity contribution < 1.29 is 9.59 Å². The van der Waals surface area contributed by atoms with Crippen molar-refractivity contribution in [3.63, 3.8) is 0 Å². The maximum absolute atomic E-state index is 11.9. The Morgan fingerprint density at radius 2 is 2.22 bits per heavy atom. The third kappa shape index (κ3) is 3.07. The molecule has 96 valence electrons. The lowest BCUT2D eigenvalue weighted by Gasteiger charge is -2.23. The Morgan fingerprint density at radius 1 is 1.44 bits per heavy atom. The topological polar surface area (TPSA) is 70.2 Å². The van der Waals surface area contributed by atoms with E-state index in [-0.39, 0.29) is 24.4 Å². The Morgan fingerprint density at radius 3 is 2.89 bits per heavy atom. The summed E-state index contributed by atoms with van der Waals surface area (Å²) in [7, 11) is 0. The summed E-state index contributed by atoms with van der Waals surface area (Å²) in [4.78, 5) is 22.8. The quantitative estimate of drug-likeness (QED) is 0.687. The number of amides is 2. The van der Waals surface area contributed by atoms with Crippen LogP contribution in [0.4, 0.5) is 0 Å². The summed E-state index contributed by atoms with van der Waals surface area (Å²) in [5, 5.41) is 8.43. The van der Waals surface area contributed by atoms with Crippen molar-refractivity contribution in [1.82, 2.24) is 16.0 Å². The highest BCUT2D eigenvalue weighted by Gasteiger charge is 2.23. The lowest BCUT2D eigenvalue weighted by Crippen LogP contribution is -2.57. The summed E-state index contributed by atoms with van der Waals surface area (Å²) in [6, 6.07) is 7.59. The summed E-state index contributed by atoms with van der Waals surface area (Å²) in [6.45, 7) is 3.07. The maximum atomic E-state index is 11.9. The van der Waals surface area contributed by atoms with Crippen LogP contribution in [0.2, 0.25) is 0 Å². The van der Waals surface area contributed by atoms with E-state index in [1.54, 1.807) is 0 Å². The standard InChI is InChI=1S/C13H17N3O2/c1-9-4-2-3-5-10(9)6-16-13(18)11-7-15-12(17)8-14-11/h2-5,11,14H,6-8H2,1H3,(H,15,17)(H,16,18). The number of piperazine rings is 1. The van der Waals surface area contributed by atoms with Crippen LogP contribution in [0, 0.1) is 6.92 Å². The summed E-state index contributed by atoms with van der Waals surface area (Å²) in [5.41, 5.74) is 2.26. The number of hydrogen-bond donors (Lipinski definition) is 3. The monoisotopic (exact) mass is 247 g/mol. The summed E-state index contributed by atoms with van der Waals surface area (Å²) in [5.74, 6) is -0.156. The smallest absolute Gasteiger partial charge is 0.239 e. The van der Waals surface area contributed by atoms with Gasteiger partial charge < -0.3 is 10.6 Å². The normalized spacial score (nSPS) is 19.2. The van der Waals surface area contributed by atoms with Gasteiger partial charge in [0, 0.05) is 13.1 Å². The van der Waals surface area contributed by atoms with Crippen molar-refractivity contribution >= 4 is 11.8 Å². The van der Waals surface area contributed by atoms with Gasteiger partial charge in [0.15, 0.2) is 0 Å². The van der Waals surface area contributed by atoms with E-state index in [0.29, 0.717) is 13.1 Å². The molecule has 5 heteroatoms. The van der Waals surface area contributed by atoms with Crippen molar-refractivity contribution in [3.05, 3.63) is 35.4 Å². The minimum absolute atomic E-state index is 0.0713. The second-order valence-corrected chi connectivity index (χ2v) is 4.38. The molecule has 0 radical (unpaired) electrons. The fourth-order valence-electron chi connectivity index (χ4n) is 1.87. The Bertz CT molecular complexity index is 449. The van der Waals surface area contributed by atoms with Crippen LogP contribution in [0.5, 0.6) is 0 Å². The predicted octanol–water partition coefficient (Wildman–Crippen LogP) is -0.301. The Hall–Kier alpha value is -1.88. The van der Waals surface area contributed by atoms with E-state index in [0.717, 1.165) is 11.1 Å². The number of carbonyl (C=O) groups is 2. The second-order valence-electron chi connectivity index (χ2n) is 4.38. The minimum Gasteiger partial charge on any atom is -0.353 e. The third-order valence-electron chi connectivity index (χ3n) is 3.04. The van der Waals surface area contributed by atoms with Crippen LogP contribution in [-0.4, -0.2) is 30.9 Å². The average Bonchev–Trinajstić information content (AvgIpc) is 2.38. The van der Waals surface area contributed by atoms with Crippen LogP contribution in [0.25, 0.3) is 0 Å². The SMILES string of the molecule is Cc1ccccc1CNC(=O)C1CNC(=O)CN1. The fourth-order valence-corrected chi connectivity index (χ4v) is 1.87. The van der Waals surface area contributed by atoms with Gasteiger partial charge in [-0.1, -0.05) is 24.3 Å². The Labute approximate surface area is 106 Å². The van der Waals surface area contributed by atoms with Crippen molar-refractivity contribution in [2.45, 2.75) is 19.5 Å². The van der Waals surface area contributed by atoms with E-state index in [2.05, 4.69) is 16.0 Å². The van der Waals surface area contributed by atoms with E-state index in [4.69, 9.17) is 0 Å². The number of benzene rings is 1. The van der Waals surface area contributed by atoms with Gasteiger partial charge in [-0.2, -0.15) is 0 Å². The van der Waals surface area contributed by atoms with Gasteiger partial charge >= 0.3 is 0 Å². The van der Waals surface area contributed by atoms with Gasteiger partial charge in [-0.25, -0.2) is 0 Å². The zero-order chi connectivity index (χ0) is 13.0. The van der Waals surface area contributed by atoms with Crippen LogP contribution >= 0.6 is 0 Å². The van der Waals surface area contributed by atoms with E-state index in [1.807, 2.05) is 31.2 Å². The van der Waals surface area contributed by atoms with E-state index in [9.17, 15) is 9.59 Å². The minimum atomic E-state index is -0.341. The third-order valence-corrected chi connectivity index (χ3v) is 3.04. The molecule has 1 saturated heterocycles. The first-order chi connectivity index (χ1) is 8.66. The lowest BCUT2D eigenvalue weighted by atomic mass is 10.1. The zero-order valence-electron chi connectivity index (χ0n) is 10.3. The highest BCUT2D eigenvalue weighted by molar-refractivity contribution is 5.86. The average molecular weight is 247 g/mol. The van der Waals surface area contributed by atoms with Crippen LogP contribution in [-0.2, 0) is 16.1 Å². The highest BCUT2D eigenvalue weighted by Crippen LogP contribution is 2.06. The second kappa shape index (κ2) is 5.64. The van der Waals surface area contributed by atoms with Crippen molar-refractivity contribution in [1.29, 1.82) is 0 Å². The van der Waals surface area contributed by atoms with Crippen LogP contribution in [0.1, 0.15) is 11.1 Å². The number of hydrogen-bond acceptors (Lipinski definition) is 3. The van der Waals surface area contributed by atoms with Gasteiger partial charge in [-0.05, 0) is 18.1 Å². The van der Waals surface area contributed by atoms with Crippen LogP contribution in [0.15, 0.2) is 24.3 Å². The summed E-state index contributed by atoms with van der Waals surface area (Å²) >= 11 is 0. The van der Waals surface area contributed by atoms with E-state index >= 15 is 0 Å². The van der Waals surface area contributed by atoms with Gasteiger partial charge in [0.1, 0.15) is 6.04 Å². The van der Waals surface area contributed by atoms with Crippen LogP contribution < -0.4 is 16.0 Å². The molecule has 1 atom stereocenters. The first-order valence-corrected chi connectivity index (χ1v) is 5.99. The molecular weight excluding hydrogens is 230 g/mol. The molecule has 18 heavy (non-hydrogen) atoms. The van der Waals surface area contributed by atoms with Gasteiger partial charge in [0.25, 0.3) is 0 Å². The summed E-state index contributed by atoms with van der Waals surface area (Å²) < 4.78 is 0. The van der Waals surface area contributed by atoms with E-state index < -0.39 is 0 Å². The van der Waals surface area contributed by atoms with Gasteiger partial charge in [0.05, 0.1) is 6.54 Å². The molecule has 2 rings (SSSR count).